The van der Waals surface area contributed by atoms with Crippen molar-refractivity contribution in [3.63, 3.8) is 0 Å². The number of sulfonamides is 1. The van der Waals surface area contributed by atoms with E-state index in [1.807, 2.05) is 6.07 Å². The lowest BCUT2D eigenvalue weighted by Crippen LogP contribution is -2.46. The molecule has 1 aromatic heterocycles. The number of rotatable bonds is 8. The number of morpholine rings is 1. The van der Waals surface area contributed by atoms with Gasteiger partial charge in [-0.25, -0.2) is 13.6 Å². The molecule has 1 unspecified atom stereocenters. The zero-order valence-electron chi connectivity index (χ0n) is 17.0. The second kappa shape index (κ2) is 10.5. The highest BCUT2D eigenvalue weighted by Gasteiger charge is 2.26. The molecule has 2 aromatic rings. The Kier molecular flexibility index (Phi) is 7.80. The molecule has 31 heavy (non-hydrogen) atoms. The predicted molar refractivity (Wildman–Crippen MR) is 111 cm³/mol. The molecule has 2 heterocycles. The van der Waals surface area contributed by atoms with E-state index in [-0.39, 0.29) is 24.0 Å². The summed E-state index contributed by atoms with van der Waals surface area (Å²) >= 11 is 0. The van der Waals surface area contributed by atoms with Gasteiger partial charge in [-0.05, 0) is 36.2 Å². The number of benzene rings is 1. The molecule has 168 valence electrons. The van der Waals surface area contributed by atoms with E-state index in [1.54, 1.807) is 24.5 Å². The molecule has 11 heteroatoms. The Morgan fingerprint density at radius 3 is 2.35 bits per heavy atom. The SMILES string of the molecule is NS(=O)(=O)c1ccc(CCNC(=O)C(=O)NCC(c2ccco2)N2CCOCC2)cc1. The van der Waals surface area contributed by atoms with Crippen LogP contribution in [0.15, 0.2) is 52.0 Å². The Balaban J connectivity index is 1.46. The third-order valence-electron chi connectivity index (χ3n) is 4.97. The second-order valence-electron chi connectivity index (χ2n) is 7.08. The first-order valence-corrected chi connectivity index (χ1v) is 11.4. The van der Waals surface area contributed by atoms with Gasteiger partial charge in [0.15, 0.2) is 0 Å². The largest absolute Gasteiger partial charge is 0.468 e. The number of ether oxygens (including phenoxy) is 1. The average molecular weight is 451 g/mol. The average Bonchev–Trinajstić information content (AvgIpc) is 3.29. The van der Waals surface area contributed by atoms with Gasteiger partial charge < -0.3 is 19.8 Å². The van der Waals surface area contributed by atoms with Crippen LogP contribution in [0.1, 0.15) is 17.4 Å². The van der Waals surface area contributed by atoms with Gasteiger partial charge in [0.25, 0.3) is 0 Å². The summed E-state index contributed by atoms with van der Waals surface area (Å²) in [5.74, 6) is -0.749. The lowest BCUT2D eigenvalue weighted by molar-refractivity contribution is -0.139. The zero-order chi connectivity index (χ0) is 22.3. The van der Waals surface area contributed by atoms with Gasteiger partial charge in [0.2, 0.25) is 10.0 Å². The Morgan fingerprint density at radius 2 is 1.74 bits per heavy atom. The highest BCUT2D eigenvalue weighted by atomic mass is 32.2. The van der Waals surface area contributed by atoms with Crippen LogP contribution < -0.4 is 15.8 Å². The molecule has 10 nitrogen and oxygen atoms in total. The zero-order valence-corrected chi connectivity index (χ0v) is 17.8. The minimum absolute atomic E-state index is 0.0195. The van der Waals surface area contributed by atoms with Crippen LogP contribution in [0.4, 0.5) is 0 Å². The Bertz CT molecular complexity index is 970. The molecule has 0 saturated carbocycles. The smallest absolute Gasteiger partial charge is 0.309 e. The van der Waals surface area contributed by atoms with E-state index in [1.165, 1.54) is 12.1 Å². The molecule has 0 radical (unpaired) electrons. The number of nitrogens with one attached hydrogen (secondary N) is 2. The molecule has 3 rings (SSSR count). The molecule has 1 saturated heterocycles. The molecule has 1 fully saturated rings. The monoisotopic (exact) mass is 450 g/mol. The standard InChI is InChI=1S/C20H26N4O6S/c21-31(27,28)16-5-3-15(4-6-16)7-8-22-19(25)20(26)23-14-17(18-2-1-11-30-18)24-9-12-29-13-10-24/h1-6,11,17H,7-10,12-14H2,(H,22,25)(H,23,26)(H2,21,27,28). The highest BCUT2D eigenvalue weighted by molar-refractivity contribution is 7.89. The van der Waals surface area contributed by atoms with Crippen LogP contribution in [0.2, 0.25) is 0 Å². The summed E-state index contributed by atoms with van der Waals surface area (Å²) in [6.07, 6.45) is 2.01. The Morgan fingerprint density at radius 1 is 1.06 bits per heavy atom. The van der Waals surface area contributed by atoms with Crippen molar-refractivity contribution in [1.82, 2.24) is 15.5 Å². The molecule has 1 aliphatic heterocycles. The van der Waals surface area contributed by atoms with Crippen LogP contribution in [0.5, 0.6) is 0 Å². The number of furan rings is 1. The van der Waals surface area contributed by atoms with Gasteiger partial charge in [-0.2, -0.15) is 0 Å². The third-order valence-corrected chi connectivity index (χ3v) is 5.90. The fourth-order valence-corrected chi connectivity index (χ4v) is 3.81. The first-order valence-electron chi connectivity index (χ1n) is 9.87. The summed E-state index contributed by atoms with van der Waals surface area (Å²) in [4.78, 5) is 26.5. The van der Waals surface area contributed by atoms with Gasteiger partial charge in [0.05, 0.1) is 30.4 Å². The number of carbonyl (C=O) groups is 2. The summed E-state index contributed by atoms with van der Waals surface area (Å²) < 4.78 is 33.4. The van der Waals surface area contributed by atoms with Crippen molar-refractivity contribution in [2.45, 2.75) is 17.4 Å². The molecular formula is C20H26N4O6S. The lowest BCUT2D eigenvalue weighted by atomic mass is 10.1. The van der Waals surface area contributed by atoms with Crippen molar-refractivity contribution < 1.29 is 27.2 Å². The van der Waals surface area contributed by atoms with Gasteiger partial charge in [0, 0.05) is 26.2 Å². The number of primary sulfonamides is 1. The highest BCUT2D eigenvalue weighted by Crippen LogP contribution is 2.21. The first kappa shape index (κ1) is 22.9. The van der Waals surface area contributed by atoms with Crippen molar-refractivity contribution in [3.05, 3.63) is 54.0 Å². The van der Waals surface area contributed by atoms with Gasteiger partial charge in [-0.15, -0.1) is 0 Å². The van der Waals surface area contributed by atoms with Gasteiger partial charge in [-0.3, -0.25) is 14.5 Å². The van der Waals surface area contributed by atoms with Crippen LogP contribution in [0.3, 0.4) is 0 Å². The number of nitrogens with two attached hydrogens (primary N) is 1. The van der Waals surface area contributed by atoms with E-state index in [0.717, 1.165) is 5.56 Å². The number of hydrogen-bond donors (Lipinski definition) is 3. The Labute approximate surface area is 180 Å². The maximum Gasteiger partial charge on any atom is 0.309 e. The van der Waals surface area contributed by atoms with E-state index < -0.39 is 21.8 Å². The quantitative estimate of drug-likeness (QED) is 0.472. The molecule has 0 aliphatic carbocycles. The fraction of sp³-hybridized carbons (Fsp3) is 0.400. The Hall–Kier alpha value is -2.73. The van der Waals surface area contributed by atoms with Crippen molar-refractivity contribution in [3.8, 4) is 0 Å². The molecular weight excluding hydrogens is 424 g/mol. The molecule has 1 aliphatic rings. The second-order valence-corrected chi connectivity index (χ2v) is 8.65. The van der Waals surface area contributed by atoms with Crippen LogP contribution in [0, 0.1) is 0 Å². The lowest BCUT2D eigenvalue weighted by Gasteiger charge is -2.33. The van der Waals surface area contributed by atoms with E-state index in [2.05, 4.69) is 15.5 Å². The predicted octanol–water partition coefficient (Wildman–Crippen LogP) is -0.225. The van der Waals surface area contributed by atoms with Crippen LogP contribution in [-0.4, -0.2) is 64.5 Å². The molecule has 0 bridgehead atoms. The normalized spacial score (nSPS) is 15.9. The summed E-state index contributed by atoms with van der Waals surface area (Å²) in [6, 6.07) is 9.47. The first-order chi connectivity index (χ1) is 14.8. The van der Waals surface area contributed by atoms with E-state index in [4.69, 9.17) is 14.3 Å². The van der Waals surface area contributed by atoms with Crippen LogP contribution in [-0.2, 0) is 30.8 Å². The van der Waals surface area contributed by atoms with Crippen molar-refractivity contribution in [2.75, 3.05) is 39.4 Å². The van der Waals surface area contributed by atoms with Gasteiger partial charge >= 0.3 is 11.8 Å². The maximum atomic E-state index is 12.2. The van der Waals surface area contributed by atoms with Crippen LogP contribution in [0.25, 0.3) is 0 Å². The molecule has 0 spiro atoms. The molecule has 4 N–H and O–H groups in total. The molecule has 2 amide bonds. The number of amides is 2. The van der Waals surface area contributed by atoms with Crippen molar-refractivity contribution in [2.24, 2.45) is 5.14 Å². The number of carbonyl (C=O) groups excluding carboxylic acids is 2. The van der Waals surface area contributed by atoms with Crippen molar-refractivity contribution >= 4 is 21.8 Å². The topological polar surface area (TPSA) is 144 Å². The number of hydrogen-bond acceptors (Lipinski definition) is 7. The summed E-state index contributed by atoms with van der Waals surface area (Å²) in [7, 11) is -3.74. The van der Waals surface area contributed by atoms with E-state index in [9.17, 15) is 18.0 Å². The maximum absolute atomic E-state index is 12.2. The van der Waals surface area contributed by atoms with Crippen LogP contribution >= 0.6 is 0 Å². The molecule has 1 atom stereocenters. The summed E-state index contributed by atoms with van der Waals surface area (Å²) in [6.45, 7) is 3.07. The van der Waals surface area contributed by atoms with E-state index in [0.29, 0.717) is 38.5 Å². The van der Waals surface area contributed by atoms with E-state index >= 15 is 0 Å². The third kappa shape index (κ3) is 6.62. The van der Waals surface area contributed by atoms with Gasteiger partial charge in [-0.1, -0.05) is 12.1 Å². The minimum Gasteiger partial charge on any atom is -0.468 e. The summed E-state index contributed by atoms with van der Waals surface area (Å²) in [5, 5.41) is 10.3. The number of nitrogens with zero attached hydrogens (tertiary/aromatic N) is 1. The fourth-order valence-electron chi connectivity index (χ4n) is 3.30. The minimum atomic E-state index is -3.74. The molecule has 1 aromatic carbocycles. The summed E-state index contributed by atoms with van der Waals surface area (Å²) in [5.41, 5.74) is 0.804. The van der Waals surface area contributed by atoms with Gasteiger partial charge in [0.1, 0.15) is 5.76 Å². The van der Waals surface area contributed by atoms with Crippen molar-refractivity contribution in [1.29, 1.82) is 0 Å².